The van der Waals surface area contributed by atoms with Crippen LogP contribution >= 0.6 is 0 Å². The van der Waals surface area contributed by atoms with Crippen molar-refractivity contribution in [1.29, 1.82) is 0 Å². The highest BCUT2D eigenvalue weighted by Crippen LogP contribution is 2.07. The van der Waals surface area contributed by atoms with Crippen molar-refractivity contribution in [3.05, 3.63) is 71.0 Å². The zero-order chi connectivity index (χ0) is 16.7. The highest BCUT2D eigenvalue weighted by molar-refractivity contribution is 5.76. The van der Waals surface area contributed by atoms with E-state index in [1.807, 2.05) is 26.2 Å². The van der Waals surface area contributed by atoms with Crippen LogP contribution in [0.1, 0.15) is 23.1 Å². The first-order valence-corrected chi connectivity index (χ1v) is 7.76. The molecule has 2 aromatic carbocycles. The Hall–Kier alpha value is -2.20. The number of nitrogens with zero attached hydrogens (tertiary/aromatic N) is 1. The summed E-state index contributed by atoms with van der Waals surface area (Å²) in [6, 6.07) is 14.5. The number of carbonyl (C=O) groups excluding carboxylic acids is 1. The van der Waals surface area contributed by atoms with Crippen molar-refractivity contribution in [2.75, 3.05) is 14.1 Å². The molecular formula is C19H23FN2O. The normalized spacial score (nSPS) is 10.8. The van der Waals surface area contributed by atoms with Crippen LogP contribution in [0.25, 0.3) is 0 Å². The molecule has 0 radical (unpaired) electrons. The van der Waals surface area contributed by atoms with E-state index < -0.39 is 0 Å². The third-order valence-electron chi connectivity index (χ3n) is 3.57. The van der Waals surface area contributed by atoms with E-state index in [9.17, 15) is 9.18 Å². The summed E-state index contributed by atoms with van der Waals surface area (Å²) in [5.74, 6) is -0.248. The van der Waals surface area contributed by atoms with Crippen molar-refractivity contribution in [3.8, 4) is 0 Å². The zero-order valence-electron chi connectivity index (χ0n) is 13.7. The molecule has 4 heteroatoms. The van der Waals surface area contributed by atoms with Crippen LogP contribution in [0.2, 0.25) is 0 Å². The number of nitrogens with one attached hydrogen (secondary N) is 1. The molecule has 0 atom stereocenters. The van der Waals surface area contributed by atoms with Crippen molar-refractivity contribution in [2.45, 2.75) is 25.9 Å². The van der Waals surface area contributed by atoms with Crippen molar-refractivity contribution < 1.29 is 9.18 Å². The Morgan fingerprint density at radius 1 is 0.957 bits per heavy atom. The number of amides is 1. The van der Waals surface area contributed by atoms with Gasteiger partial charge in [-0.05, 0) is 49.3 Å². The summed E-state index contributed by atoms with van der Waals surface area (Å²) in [7, 11) is 4.07. The van der Waals surface area contributed by atoms with E-state index >= 15 is 0 Å². The molecule has 0 saturated heterocycles. The Kier molecular flexibility index (Phi) is 6.29. The fourth-order valence-corrected chi connectivity index (χ4v) is 2.33. The van der Waals surface area contributed by atoms with Gasteiger partial charge in [0.2, 0.25) is 5.91 Å². The van der Waals surface area contributed by atoms with Crippen LogP contribution in [0.15, 0.2) is 48.5 Å². The lowest BCUT2D eigenvalue weighted by Crippen LogP contribution is -2.23. The smallest absolute Gasteiger partial charge is 0.220 e. The number of hydrogen-bond donors (Lipinski definition) is 1. The molecule has 0 spiro atoms. The van der Waals surface area contributed by atoms with Gasteiger partial charge in [-0.2, -0.15) is 0 Å². The molecule has 0 aliphatic heterocycles. The Labute approximate surface area is 137 Å². The molecule has 1 N–H and O–H groups in total. The predicted molar refractivity (Wildman–Crippen MR) is 90.4 cm³/mol. The molecule has 1 amide bonds. The molecule has 122 valence electrons. The van der Waals surface area contributed by atoms with Crippen LogP contribution in [0, 0.1) is 5.82 Å². The maximum absolute atomic E-state index is 12.8. The molecule has 0 aromatic heterocycles. The van der Waals surface area contributed by atoms with E-state index in [-0.39, 0.29) is 11.7 Å². The fraction of sp³-hybridized carbons (Fsp3) is 0.316. The molecule has 0 aliphatic carbocycles. The molecular weight excluding hydrogens is 291 g/mol. The second-order valence-electron chi connectivity index (χ2n) is 5.96. The Morgan fingerprint density at radius 3 is 2.13 bits per heavy atom. The molecule has 0 bridgehead atoms. The summed E-state index contributed by atoms with van der Waals surface area (Å²) in [5.41, 5.74) is 3.30. The highest BCUT2D eigenvalue weighted by Gasteiger charge is 2.03. The van der Waals surface area contributed by atoms with Gasteiger partial charge in [-0.3, -0.25) is 4.79 Å². The molecule has 2 rings (SSSR count). The lowest BCUT2D eigenvalue weighted by Gasteiger charge is -2.10. The van der Waals surface area contributed by atoms with Crippen LogP contribution in [0.3, 0.4) is 0 Å². The molecule has 0 heterocycles. The van der Waals surface area contributed by atoms with Gasteiger partial charge in [-0.25, -0.2) is 4.39 Å². The average Bonchev–Trinajstić information content (AvgIpc) is 2.53. The summed E-state index contributed by atoms with van der Waals surface area (Å²) in [6.45, 7) is 1.44. The SMILES string of the molecule is CN(C)Cc1ccc(CNC(=O)CCc2ccc(F)cc2)cc1. The second kappa shape index (κ2) is 8.44. The number of carbonyl (C=O) groups is 1. The van der Waals surface area contributed by atoms with Crippen LogP contribution in [0.5, 0.6) is 0 Å². The van der Waals surface area contributed by atoms with Crippen LogP contribution in [-0.2, 0) is 24.3 Å². The van der Waals surface area contributed by atoms with E-state index in [1.54, 1.807) is 12.1 Å². The predicted octanol–water partition coefficient (Wildman–Crippen LogP) is 3.14. The van der Waals surface area contributed by atoms with E-state index in [1.165, 1.54) is 17.7 Å². The van der Waals surface area contributed by atoms with E-state index in [0.29, 0.717) is 19.4 Å². The summed E-state index contributed by atoms with van der Waals surface area (Å²) in [6.07, 6.45) is 1.03. The maximum Gasteiger partial charge on any atom is 0.220 e. The molecule has 2 aromatic rings. The van der Waals surface area contributed by atoms with E-state index in [2.05, 4.69) is 22.3 Å². The van der Waals surface area contributed by atoms with Gasteiger partial charge >= 0.3 is 0 Å². The average molecular weight is 314 g/mol. The Morgan fingerprint density at radius 2 is 1.52 bits per heavy atom. The van der Waals surface area contributed by atoms with Gasteiger partial charge in [0.1, 0.15) is 5.82 Å². The van der Waals surface area contributed by atoms with Gasteiger partial charge in [-0.1, -0.05) is 36.4 Å². The Balaban J connectivity index is 1.74. The number of halogens is 1. The van der Waals surface area contributed by atoms with Gasteiger partial charge in [0.25, 0.3) is 0 Å². The van der Waals surface area contributed by atoms with Crippen LogP contribution in [-0.4, -0.2) is 24.9 Å². The fourth-order valence-electron chi connectivity index (χ4n) is 2.33. The quantitative estimate of drug-likeness (QED) is 0.851. The molecule has 0 aliphatic rings. The number of rotatable bonds is 7. The third kappa shape index (κ3) is 6.20. The molecule has 0 fully saturated rings. The largest absolute Gasteiger partial charge is 0.352 e. The number of benzene rings is 2. The first-order valence-electron chi connectivity index (χ1n) is 7.76. The van der Waals surface area contributed by atoms with Crippen LogP contribution < -0.4 is 5.32 Å². The summed E-state index contributed by atoms with van der Waals surface area (Å²) in [5, 5.41) is 2.92. The minimum atomic E-state index is -0.254. The van der Waals surface area contributed by atoms with E-state index in [4.69, 9.17) is 0 Å². The second-order valence-corrected chi connectivity index (χ2v) is 5.96. The van der Waals surface area contributed by atoms with Gasteiger partial charge in [-0.15, -0.1) is 0 Å². The minimum absolute atomic E-state index is 0.00620. The lowest BCUT2D eigenvalue weighted by atomic mass is 10.1. The van der Waals surface area contributed by atoms with Crippen LogP contribution in [0.4, 0.5) is 4.39 Å². The minimum Gasteiger partial charge on any atom is -0.352 e. The monoisotopic (exact) mass is 314 g/mol. The summed E-state index contributed by atoms with van der Waals surface area (Å²) in [4.78, 5) is 14.0. The standard InChI is InChI=1S/C19H23FN2O/c1-22(2)14-17-5-3-16(4-6-17)13-21-19(23)12-9-15-7-10-18(20)11-8-15/h3-8,10-11H,9,12-14H2,1-2H3,(H,21,23). The molecule has 3 nitrogen and oxygen atoms in total. The topological polar surface area (TPSA) is 32.3 Å². The zero-order valence-corrected chi connectivity index (χ0v) is 13.7. The van der Waals surface area contributed by atoms with Crippen molar-refractivity contribution in [3.63, 3.8) is 0 Å². The molecule has 0 unspecified atom stereocenters. The van der Waals surface area contributed by atoms with Crippen molar-refractivity contribution in [1.82, 2.24) is 10.2 Å². The molecule has 23 heavy (non-hydrogen) atoms. The van der Waals surface area contributed by atoms with E-state index in [0.717, 1.165) is 17.7 Å². The van der Waals surface area contributed by atoms with Gasteiger partial charge < -0.3 is 10.2 Å². The van der Waals surface area contributed by atoms with Crippen molar-refractivity contribution in [2.24, 2.45) is 0 Å². The lowest BCUT2D eigenvalue weighted by molar-refractivity contribution is -0.121. The summed E-state index contributed by atoms with van der Waals surface area (Å²) >= 11 is 0. The first-order chi connectivity index (χ1) is 11.0. The van der Waals surface area contributed by atoms with Crippen molar-refractivity contribution >= 4 is 5.91 Å². The Bertz CT molecular complexity index is 621. The maximum atomic E-state index is 12.8. The van der Waals surface area contributed by atoms with Gasteiger partial charge in [0.05, 0.1) is 0 Å². The van der Waals surface area contributed by atoms with Gasteiger partial charge in [0.15, 0.2) is 0 Å². The third-order valence-corrected chi connectivity index (χ3v) is 3.57. The van der Waals surface area contributed by atoms with Gasteiger partial charge in [0, 0.05) is 19.5 Å². The number of hydrogen-bond acceptors (Lipinski definition) is 2. The summed E-state index contributed by atoms with van der Waals surface area (Å²) < 4.78 is 12.8. The number of aryl methyl sites for hydroxylation is 1. The first kappa shape index (κ1) is 17.2. The highest BCUT2D eigenvalue weighted by atomic mass is 19.1. The molecule has 0 saturated carbocycles.